The maximum Gasteiger partial charge on any atom is 0.374 e. The topological polar surface area (TPSA) is 85.6 Å². The molecule has 0 fully saturated rings. The minimum atomic E-state index is -0.770. The van der Waals surface area contributed by atoms with E-state index in [9.17, 15) is 18.8 Å². The Morgan fingerprint density at radius 1 is 0.966 bits per heavy atom. The van der Waals surface area contributed by atoms with Crippen LogP contribution >= 0.6 is 0 Å². The highest BCUT2D eigenvalue weighted by Crippen LogP contribution is 2.23. The fourth-order valence-corrected chi connectivity index (χ4v) is 2.53. The number of hydrogen-bond donors (Lipinski definition) is 1. The Morgan fingerprint density at radius 2 is 1.66 bits per heavy atom. The molecular weight excluding hydrogens is 377 g/mol. The molecule has 1 amide bonds. The number of nitrogens with one attached hydrogen (secondary N) is 1. The molecule has 0 radical (unpaired) electrons. The van der Waals surface area contributed by atoms with Crippen molar-refractivity contribution in [3.8, 4) is 11.3 Å². The molecule has 0 bridgehead atoms. The summed E-state index contributed by atoms with van der Waals surface area (Å²) in [5, 5.41) is 2.57. The number of carbonyl (C=O) groups is 3. The third kappa shape index (κ3) is 5.38. The number of ketones is 1. The quantitative estimate of drug-likeness (QED) is 0.486. The van der Waals surface area contributed by atoms with Gasteiger partial charge < -0.3 is 14.5 Å². The average molecular weight is 395 g/mol. The van der Waals surface area contributed by atoms with Crippen LogP contribution in [0.5, 0.6) is 0 Å². The Kier molecular flexibility index (Phi) is 6.19. The highest BCUT2D eigenvalue weighted by atomic mass is 19.1. The third-order valence-electron chi connectivity index (χ3n) is 4.12. The first-order chi connectivity index (χ1) is 13.9. The monoisotopic (exact) mass is 395 g/mol. The molecule has 1 aromatic heterocycles. The van der Waals surface area contributed by atoms with Gasteiger partial charge in [0.2, 0.25) is 5.76 Å². The average Bonchev–Trinajstić information content (AvgIpc) is 3.22. The molecule has 0 saturated heterocycles. The Hall–Kier alpha value is -3.74. The number of hydrogen-bond acceptors (Lipinski definition) is 5. The zero-order chi connectivity index (χ0) is 20.8. The Bertz CT molecular complexity index is 1020. The molecular formula is C22H18FNO5. The molecule has 3 rings (SSSR count). The van der Waals surface area contributed by atoms with E-state index in [0.717, 1.165) is 5.56 Å². The van der Waals surface area contributed by atoms with Gasteiger partial charge in [0.1, 0.15) is 11.6 Å². The van der Waals surface area contributed by atoms with Crippen molar-refractivity contribution >= 4 is 17.7 Å². The largest absolute Gasteiger partial charge is 0.450 e. The minimum Gasteiger partial charge on any atom is -0.450 e. The van der Waals surface area contributed by atoms with Gasteiger partial charge in [-0.3, -0.25) is 9.59 Å². The summed E-state index contributed by atoms with van der Waals surface area (Å²) in [7, 11) is 0. The molecule has 148 valence electrons. The highest BCUT2D eigenvalue weighted by Gasteiger charge is 2.15. The van der Waals surface area contributed by atoms with E-state index in [2.05, 4.69) is 5.32 Å². The van der Waals surface area contributed by atoms with Crippen molar-refractivity contribution in [1.82, 2.24) is 5.32 Å². The van der Waals surface area contributed by atoms with Gasteiger partial charge in [0.05, 0.1) is 0 Å². The lowest BCUT2D eigenvalue weighted by Gasteiger charge is -2.06. The molecule has 0 aliphatic heterocycles. The zero-order valence-electron chi connectivity index (χ0n) is 15.6. The Labute approximate surface area is 166 Å². The number of Topliss-reactive ketones (excluding diaryl/α,β-unsaturated/α-hetero) is 1. The third-order valence-corrected chi connectivity index (χ3v) is 4.12. The molecule has 0 atom stereocenters. The molecule has 0 spiro atoms. The maximum atomic E-state index is 12.8. The summed E-state index contributed by atoms with van der Waals surface area (Å²) in [6.45, 7) is 1.20. The van der Waals surface area contributed by atoms with Crippen LogP contribution in [0.1, 0.15) is 33.4 Å². The molecule has 0 unspecified atom stereocenters. The van der Waals surface area contributed by atoms with Gasteiger partial charge in [0, 0.05) is 17.7 Å². The van der Waals surface area contributed by atoms with Gasteiger partial charge in [-0.05, 0) is 36.8 Å². The molecule has 1 heterocycles. The lowest BCUT2D eigenvalue weighted by molar-refractivity contribution is -0.124. The Morgan fingerprint density at radius 3 is 2.31 bits per heavy atom. The summed E-state index contributed by atoms with van der Waals surface area (Å²) in [4.78, 5) is 35.2. The second-order valence-electron chi connectivity index (χ2n) is 6.28. The summed E-state index contributed by atoms with van der Waals surface area (Å²) in [6.07, 6.45) is 0. The maximum absolute atomic E-state index is 12.8. The summed E-state index contributed by atoms with van der Waals surface area (Å²) >= 11 is 0. The lowest BCUT2D eigenvalue weighted by Crippen LogP contribution is -2.28. The van der Waals surface area contributed by atoms with Crippen LogP contribution in [0.3, 0.4) is 0 Å². The van der Waals surface area contributed by atoms with Crippen molar-refractivity contribution in [2.75, 3.05) is 6.61 Å². The van der Waals surface area contributed by atoms with Crippen molar-refractivity contribution in [3.05, 3.63) is 83.4 Å². The van der Waals surface area contributed by atoms with Crippen LogP contribution in [-0.4, -0.2) is 24.3 Å². The van der Waals surface area contributed by atoms with Gasteiger partial charge >= 0.3 is 5.97 Å². The second-order valence-corrected chi connectivity index (χ2v) is 6.28. The molecule has 1 N–H and O–H groups in total. The van der Waals surface area contributed by atoms with Crippen LogP contribution in [-0.2, 0) is 16.1 Å². The van der Waals surface area contributed by atoms with E-state index in [1.807, 2.05) is 0 Å². The number of benzene rings is 2. The summed E-state index contributed by atoms with van der Waals surface area (Å²) in [6, 6.07) is 15.5. The van der Waals surface area contributed by atoms with Gasteiger partial charge in [0.25, 0.3) is 5.91 Å². The van der Waals surface area contributed by atoms with Crippen LogP contribution in [0, 0.1) is 5.82 Å². The molecule has 7 heteroatoms. The van der Waals surface area contributed by atoms with E-state index in [1.165, 1.54) is 25.1 Å². The predicted molar refractivity (Wildman–Crippen MR) is 103 cm³/mol. The first-order valence-electron chi connectivity index (χ1n) is 8.82. The highest BCUT2D eigenvalue weighted by molar-refractivity contribution is 5.94. The number of rotatable bonds is 7. The SMILES string of the molecule is CC(=O)c1ccc(-c2ccc(C(=O)OCC(=O)NCc3ccc(F)cc3)o2)cc1. The second kappa shape index (κ2) is 8.97. The van der Waals surface area contributed by atoms with Crippen LogP contribution in [0.4, 0.5) is 4.39 Å². The number of carbonyl (C=O) groups excluding carboxylic acids is 3. The first-order valence-corrected chi connectivity index (χ1v) is 8.82. The van der Waals surface area contributed by atoms with Crippen LogP contribution in [0.25, 0.3) is 11.3 Å². The van der Waals surface area contributed by atoms with Gasteiger partial charge in [-0.1, -0.05) is 36.4 Å². The summed E-state index contributed by atoms with van der Waals surface area (Å²) in [5.74, 6) is -1.27. The van der Waals surface area contributed by atoms with Gasteiger partial charge in [-0.25, -0.2) is 9.18 Å². The number of halogens is 1. The zero-order valence-corrected chi connectivity index (χ0v) is 15.6. The molecule has 29 heavy (non-hydrogen) atoms. The van der Waals surface area contributed by atoms with Crippen molar-refractivity contribution in [1.29, 1.82) is 0 Å². The minimum absolute atomic E-state index is 0.0398. The van der Waals surface area contributed by atoms with E-state index >= 15 is 0 Å². The van der Waals surface area contributed by atoms with Crippen LogP contribution in [0.15, 0.2) is 65.1 Å². The van der Waals surface area contributed by atoms with E-state index in [-0.39, 0.29) is 23.9 Å². The van der Waals surface area contributed by atoms with Crippen molar-refractivity contribution in [3.63, 3.8) is 0 Å². The molecule has 0 saturated carbocycles. The van der Waals surface area contributed by atoms with Crippen LogP contribution in [0.2, 0.25) is 0 Å². The standard InChI is InChI=1S/C22H18FNO5/c1-14(25)16-4-6-17(7-5-16)19-10-11-20(29-19)22(27)28-13-21(26)24-12-15-2-8-18(23)9-3-15/h2-11H,12-13H2,1H3,(H,24,26). The van der Waals surface area contributed by atoms with Crippen molar-refractivity contribution < 1.29 is 27.9 Å². The van der Waals surface area contributed by atoms with E-state index < -0.39 is 18.5 Å². The van der Waals surface area contributed by atoms with Crippen molar-refractivity contribution in [2.45, 2.75) is 13.5 Å². The van der Waals surface area contributed by atoms with E-state index in [0.29, 0.717) is 16.9 Å². The molecule has 0 aliphatic carbocycles. The number of esters is 1. The molecule has 2 aromatic carbocycles. The van der Waals surface area contributed by atoms with Crippen molar-refractivity contribution in [2.24, 2.45) is 0 Å². The predicted octanol–water partition coefficient (Wildman–Crippen LogP) is 3.76. The molecule has 6 nitrogen and oxygen atoms in total. The molecule has 0 aliphatic rings. The number of ether oxygens (including phenoxy) is 1. The number of amides is 1. The lowest BCUT2D eigenvalue weighted by atomic mass is 10.1. The Balaban J connectivity index is 1.51. The summed E-state index contributed by atoms with van der Waals surface area (Å²) < 4.78 is 23.3. The van der Waals surface area contributed by atoms with Gasteiger partial charge in [-0.15, -0.1) is 0 Å². The smallest absolute Gasteiger partial charge is 0.374 e. The van der Waals surface area contributed by atoms with Gasteiger partial charge in [0.15, 0.2) is 12.4 Å². The van der Waals surface area contributed by atoms with E-state index in [4.69, 9.17) is 9.15 Å². The van der Waals surface area contributed by atoms with E-state index in [1.54, 1.807) is 42.5 Å². The number of furan rings is 1. The molecule has 3 aromatic rings. The first kappa shape index (κ1) is 20.0. The fourth-order valence-electron chi connectivity index (χ4n) is 2.53. The normalized spacial score (nSPS) is 10.4. The van der Waals surface area contributed by atoms with Gasteiger partial charge in [-0.2, -0.15) is 0 Å². The van der Waals surface area contributed by atoms with Crippen LogP contribution < -0.4 is 5.32 Å². The fraction of sp³-hybridized carbons (Fsp3) is 0.136. The summed E-state index contributed by atoms with van der Waals surface area (Å²) in [5.41, 5.74) is 2.00.